The van der Waals surface area contributed by atoms with Gasteiger partial charge in [0, 0.05) is 37.3 Å². The molecule has 2 aromatic carbocycles. The molecule has 0 bridgehead atoms. The van der Waals surface area contributed by atoms with Crippen molar-refractivity contribution in [1.82, 2.24) is 9.80 Å². The number of hydrogen-bond donors (Lipinski definition) is 0. The molecule has 0 aromatic heterocycles. The van der Waals surface area contributed by atoms with E-state index in [1.165, 1.54) is 5.56 Å². The van der Waals surface area contributed by atoms with Crippen molar-refractivity contribution >= 4 is 12.0 Å². The zero-order valence-electron chi connectivity index (χ0n) is 19.6. The predicted molar refractivity (Wildman–Crippen MR) is 122 cm³/mol. The van der Waals surface area contributed by atoms with Crippen LogP contribution in [0.2, 0.25) is 0 Å². The number of benzene rings is 2. The van der Waals surface area contributed by atoms with Gasteiger partial charge in [0.2, 0.25) is 0 Å². The van der Waals surface area contributed by atoms with Crippen LogP contribution in [0.5, 0.6) is 11.5 Å². The van der Waals surface area contributed by atoms with Gasteiger partial charge >= 0.3 is 6.09 Å². The molecule has 1 heterocycles. The molecule has 0 N–H and O–H groups in total. The number of rotatable bonds is 6. The van der Waals surface area contributed by atoms with Gasteiger partial charge in [0.15, 0.2) is 0 Å². The highest BCUT2D eigenvalue weighted by atomic mass is 16.6. The summed E-state index contributed by atoms with van der Waals surface area (Å²) in [6.07, 6.45) is -0.329. The maximum Gasteiger partial charge on any atom is 0.409 e. The summed E-state index contributed by atoms with van der Waals surface area (Å²) in [6.45, 7) is 10.4. The van der Waals surface area contributed by atoms with E-state index in [2.05, 4.69) is 13.0 Å². The third-order valence-corrected chi connectivity index (χ3v) is 5.77. The first-order chi connectivity index (χ1) is 15.3. The van der Waals surface area contributed by atoms with E-state index in [9.17, 15) is 9.59 Å². The SMILES string of the molecule is CCOC(=O)N1CCN(C(=O)c2ccc(OC)c(COc3cc(C)cc(C)c3C)c2)CC1. The van der Waals surface area contributed by atoms with Gasteiger partial charge in [-0.15, -0.1) is 0 Å². The molecule has 32 heavy (non-hydrogen) atoms. The van der Waals surface area contributed by atoms with Crippen LogP contribution in [-0.4, -0.2) is 61.7 Å². The summed E-state index contributed by atoms with van der Waals surface area (Å²) in [5.74, 6) is 1.44. The van der Waals surface area contributed by atoms with E-state index < -0.39 is 0 Å². The fraction of sp³-hybridized carbons (Fsp3) is 0.440. The highest BCUT2D eigenvalue weighted by Crippen LogP contribution is 2.27. The maximum absolute atomic E-state index is 13.1. The molecule has 0 unspecified atom stereocenters. The summed E-state index contributed by atoms with van der Waals surface area (Å²) in [5, 5.41) is 0. The van der Waals surface area contributed by atoms with Crippen molar-refractivity contribution in [2.45, 2.75) is 34.3 Å². The van der Waals surface area contributed by atoms with E-state index in [0.29, 0.717) is 50.7 Å². The molecular weight excluding hydrogens is 408 g/mol. The normalized spacial score (nSPS) is 13.7. The first-order valence-corrected chi connectivity index (χ1v) is 10.9. The summed E-state index contributed by atoms with van der Waals surface area (Å²) in [4.78, 5) is 28.4. The Morgan fingerprint density at radius 3 is 2.28 bits per heavy atom. The molecule has 2 aromatic rings. The topological polar surface area (TPSA) is 68.3 Å². The number of amides is 2. The summed E-state index contributed by atoms with van der Waals surface area (Å²) in [7, 11) is 1.61. The van der Waals surface area contributed by atoms with E-state index >= 15 is 0 Å². The molecule has 1 aliphatic heterocycles. The number of aryl methyl sites for hydroxylation is 2. The van der Waals surface area contributed by atoms with Gasteiger partial charge < -0.3 is 24.0 Å². The Kier molecular flexibility index (Phi) is 7.62. The minimum Gasteiger partial charge on any atom is -0.496 e. The second-order valence-electron chi connectivity index (χ2n) is 8.00. The smallest absolute Gasteiger partial charge is 0.409 e. The van der Waals surface area contributed by atoms with Gasteiger partial charge in [-0.25, -0.2) is 4.79 Å². The van der Waals surface area contributed by atoms with Crippen molar-refractivity contribution in [1.29, 1.82) is 0 Å². The number of carbonyl (C=O) groups excluding carboxylic acids is 2. The van der Waals surface area contributed by atoms with Gasteiger partial charge in [-0.05, 0) is 68.7 Å². The third kappa shape index (κ3) is 5.33. The van der Waals surface area contributed by atoms with E-state index in [1.54, 1.807) is 36.0 Å². The molecule has 1 aliphatic rings. The number of carbonyl (C=O) groups is 2. The molecule has 2 amide bonds. The quantitative estimate of drug-likeness (QED) is 0.676. The monoisotopic (exact) mass is 440 g/mol. The van der Waals surface area contributed by atoms with Crippen molar-refractivity contribution in [2.75, 3.05) is 39.9 Å². The molecule has 172 valence electrons. The van der Waals surface area contributed by atoms with Crippen LogP contribution in [0.25, 0.3) is 0 Å². The fourth-order valence-electron chi connectivity index (χ4n) is 3.82. The molecule has 0 atom stereocenters. The van der Waals surface area contributed by atoms with E-state index in [0.717, 1.165) is 22.4 Å². The summed E-state index contributed by atoms with van der Waals surface area (Å²) >= 11 is 0. The van der Waals surface area contributed by atoms with Crippen LogP contribution in [0.1, 0.15) is 39.5 Å². The largest absolute Gasteiger partial charge is 0.496 e. The Bertz CT molecular complexity index is 981. The summed E-state index contributed by atoms with van der Waals surface area (Å²) in [6, 6.07) is 9.55. The van der Waals surface area contributed by atoms with Crippen LogP contribution in [0.15, 0.2) is 30.3 Å². The molecule has 7 nitrogen and oxygen atoms in total. The van der Waals surface area contributed by atoms with Crippen molar-refractivity contribution in [3.8, 4) is 11.5 Å². The lowest BCUT2D eigenvalue weighted by Crippen LogP contribution is -2.50. The van der Waals surface area contributed by atoms with Crippen molar-refractivity contribution < 1.29 is 23.8 Å². The Balaban J connectivity index is 1.71. The average molecular weight is 441 g/mol. The molecule has 0 spiro atoms. The molecule has 0 aliphatic carbocycles. The number of piperazine rings is 1. The third-order valence-electron chi connectivity index (χ3n) is 5.77. The van der Waals surface area contributed by atoms with Crippen LogP contribution >= 0.6 is 0 Å². The zero-order chi connectivity index (χ0) is 23.3. The first-order valence-electron chi connectivity index (χ1n) is 10.9. The van der Waals surface area contributed by atoms with Crippen molar-refractivity contribution in [3.05, 3.63) is 58.1 Å². The minimum atomic E-state index is -0.329. The lowest BCUT2D eigenvalue weighted by atomic mass is 10.1. The van der Waals surface area contributed by atoms with Gasteiger partial charge in [-0.2, -0.15) is 0 Å². The lowest BCUT2D eigenvalue weighted by molar-refractivity contribution is 0.0570. The molecule has 7 heteroatoms. The average Bonchev–Trinajstić information content (AvgIpc) is 2.80. The van der Waals surface area contributed by atoms with Crippen LogP contribution in [0.3, 0.4) is 0 Å². The zero-order valence-corrected chi connectivity index (χ0v) is 19.6. The molecular formula is C25H32N2O5. The summed E-state index contributed by atoms with van der Waals surface area (Å²) in [5.41, 5.74) is 4.80. The molecule has 0 radical (unpaired) electrons. The van der Waals surface area contributed by atoms with E-state index in [1.807, 2.05) is 26.0 Å². The standard InChI is InChI=1S/C25H32N2O5/c1-6-31-25(29)27-11-9-26(10-12-27)24(28)20-7-8-22(30-5)21(15-20)16-32-23-14-17(2)13-18(3)19(23)4/h7-8,13-15H,6,9-12,16H2,1-5H3. The highest BCUT2D eigenvalue weighted by molar-refractivity contribution is 5.94. The Morgan fingerprint density at radius 1 is 0.938 bits per heavy atom. The Labute approximate surface area is 189 Å². The molecule has 0 saturated carbocycles. The molecule has 1 saturated heterocycles. The second-order valence-corrected chi connectivity index (χ2v) is 8.00. The molecule has 1 fully saturated rings. The number of hydrogen-bond acceptors (Lipinski definition) is 5. The number of nitrogens with zero attached hydrogens (tertiary/aromatic N) is 2. The predicted octanol–water partition coefficient (Wildman–Crippen LogP) is 4.11. The maximum atomic E-state index is 13.1. The van der Waals surface area contributed by atoms with Crippen molar-refractivity contribution in [2.24, 2.45) is 0 Å². The van der Waals surface area contributed by atoms with Crippen LogP contribution < -0.4 is 9.47 Å². The van der Waals surface area contributed by atoms with Gasteiger partial charge in [-0.1, -0.05) is 6.07 Å². The number of ether oxygens (including phenoxy) is 3. The van der Waals surface area contributed by atoms with Crippen LogP contribution in [-0.2, 0) is 11.3 Å². The van der Waals surface area contributed by atoms with E-state index in [4.69, 9.17) is 14.2 Å². The Hall–Kier alpha value is -3.22. The van der Waals surface area contributed by atoms with Crippen molar-refractivity contribution in [3.63, 3.8) is 0 Å². The minimum absolute atomic E-state index is 0.0695. The number of methoxy groups -OCH3 is 1. The fourth-order valence-corrected chi connectivity index (χ4v) is 3.82. The first kappa shape index (κ1) is 23.4. The lowest BCUT2D eigenvalue weighted by Gasteiger charge is -2.34. The van der Waals surface area contributed by atoms with Gasteiger partial charge in [0.05, 0.1) is 13.7 Å². The summed E-state index contributed by atoms with van der Waals surface area (Å²) < 4.78 is 16.6. The van der Waals surface area contributed by atoms with Gasteiger partial charge in [0.25, 0.3) is 5.91 Å². The van der Waals surface area contributed by atoms with Gasteiger partial charge in [-0.3, -0.25) is 4.79 Å². The van der Waals surface area contributed by atoms with E-state index in [-0.39, 0.29) is 12.0 Å². The van der Waals surface area contributed by atoms with Gasteiger partial charge in [0.1, 0.15) is 18.1 Å². The molecule has 3 rings (SSSR count). The Morgan fingerprint density at radius 2 is 1.62 bits per heavy atom. The van der Waals surface area contributed by atoms with Crippen LogP contribution in [0, 0.1) is 20.8 Å². The second kappa shape index (κ2) is 10.4. The van der Waals surface area contributed by atoms with Crippen LogP contribution in [0.4, 0.5) is 4.79 Å². The highest BCUT2D eigenvalue weighted by Gasteiger charge is 2.26.